The van der Waals surface area contributed by atoms with Crippen LogP contribution in [0.3, 0.4) is 0 Å². The van der Waals surface area contributed by atoms with Gasteiger partial charge >= 0.3 is 5.97 Å². The van der Waals surface area contributed by atoms with Gasteiger partial charge in [-0.25, -0.2) is 4.79 Å². The quantitative estimate of drug-likeness (QED) is 0.905. The number of hydrogen-bond acceptors (Lipinski definition) is 2. The number of rotatable bonds is 3. The van der Waals surface area contributed by atoms with Crippen LogP contribution in [0.2, 0.25) is 0 Å². The normalized spacial score (nSPS) is 24.6. The fraction of sp³-hybridized carbons (Fsp3) is 0.176. The van der Waals surface area contributed by atoms with Crippen molar-refractivity contribution in [3.8, 4) is 0 Å². The maximum absolute atomic E-state index is 12.3. The number of carboxylic acid groups (broad SMARTS) is 1. The minimum absolute atomic E-state index is 0.234. The van der Waals surface area contributed by atoms with E-state index in [1.807, 2.05) is 60.7 Å². The summed E-state index contributed by atoms with van der Waals surface area (Å²) in [5.41, 5.74) is 1.70. The predicted molar refractivity (Wildman–Crippen MR) is 77.9 cm³/mol. The zero-order chi connectivity index (χ0) is 14.8. The molecule has 21 heavy (non-hydrogen) atoms. The molecular formula is C17H15NO3. The van der Waals surface area contributed by atoms with Crippen LogP contribution in [0.25, 0.3) is 0 Å². The van der Waals surface area contributed by atoms with Crippen molar-refractivity contribution < 1.29 is 14.7 Å². The highest BCUT2D eigenvalue weighted by Gasteiger charge is 2.47. The second-order valence-electron chi connectivity index (χ2n) is 5.15. The second kappa shape index (κ2) is 5.40. The summed E-state index contributed by atoms with van der Waals surface area (Å²) in [6, 6.07) is 17.8. The molecule has 0 aromatic heterocycles. The first kappa shape index (κ1) is 13.4. The van der Waals surface area contributed by atoms with E-state index in [0.29, 0.717) is 0 Å². The minimum atomic E-state index is -1.00. The highest BCUT2D eigenvalue weighted by Crippen LogP contribution is 2.40. The molecule has 2 aromatic rings. The monoisotopic (exact) mass is 281 g/mol. The smallest absolute Gasteiger partial charge is 0.326 e. The molecule has 1 amide bonds. The lowest BCUT2D eigenvalue weighted by atomic mass is 9.80. The van der Waals surface area contributed by atoms with Crippen LogP contribution in [0.1, 0.15) is 23.0 Å². The Labute approximate surface area is 122 Å². The first-order chi connectivity index (χ1) is 10.2. The average molecular weight is 281 g/mol. The summed E-state index contributed by atoms with van der Waals surface area (Å²) in [5.74, 6) is -2.12. The van der Waals surface area contributed by atoms with Crippen molar-refractivity contribution in [3.05, 3.63) is 71.8 Å². The van der Waals surface area contributed by atoms with Crippen LogP contribution >= 0.6 is 0 Å². The predicted octanol–water partition coefficient (Wildman–Crippen LogP) is 2.14. The third-order valence-corrected chi connectivity index (χ3v) is 3.91. The third kappa shape index (κ3) is 2.40. The van der Waals surface area contributed by atoms with Crippen LogP contribution < -0.4 is 5.32 Å². The highest BCUT2D eigenvalue weighted by atomic mass is 16.4. The molecular weight excluding hydrogens is 266 g/mol. The minimum Gasteiger partial charge on any atom is -0.480 e. The number of hydrogen-bond donors (Lipinski definition) is 2. The lowest BCUT2D eigenvalue weighted by molar-refractivity contribution is -0.140. The topological polar surface area (TPSA) is 66.4 Å². The Kier molecular flexibility index (Phi) is 3.44. The van der Waals surface area contributed by atoms with Gasteiger partial charge in [0.1, 0.15) is 6.04 Å². The van der Waals surface area contributed by atoms with Gasteiger partial charge in [-0.3, -0.25) is 4.79 Å². The van der Waals surface area contributed by atoms with Gasteiger partial charge < -0.3 is 10.4 Å². The molecule has 1 aliphatic rings. The van der Waals surface area contributed by atoms with Crippen molar-refractivity contribution in [3.63, 3.8) is 0 Å². The summed E-state index contributed by atoms with van der Waals surface area (Å²) >= 11 is 0. The van der Waals surface area contributed by atoms with Crippen LogP contribution in [0.15, 0.2) is 60.7 Å². The van der Waals surface area contributed by atoms with Crippen molar-refractivity contribution in [2.45, 2.75) is 17.9 Å². The van der Waals surface area contributed by atoms with Gasteiger partial charge in [-0.05, 0) is 11.1 Å². The van der Waals surface area contributed by atoms with Crippen LogP contribution in [-0.4, -0.2) is 23.0 Å². The first-order valence-electron chi connectivity index (χ1n) is 6.81. The Balaban J connectivity index is 2.08. The van der Waals surface area contributed by atoms with E-state index < -0.39 is 23.8 Å². The number of nitrogens with one attached hydrogen (secondary N) is 1. The second-order valence-corrected chi connectivity index (χ2v) is 5.15. The molecule has 3 rings (SSSR count). The Morgan fingerprint density at radius 2 is 1.43 bits per heavy atom. The van der Waals surface area contributed by atoms with Crippen LogP contribution in [0.4, 0.5) is 0 Å². The third-order valence-electron chi connectivity index (χ3n) is 3.91. The van der Waals surface area contributed by atoms with Crippen molar-refractivity contribution in [1.82, 2.24) is 5.32 Å². The standard InChI is InChI=1S/C17H15NO3/c19-16-14(12-9-5-2-6-10-12)13(15(18-16)17(20)21)11-7-3-1-4-8-11/h1-10,13-15H,(H,18,19)(H,20,21). The maximum Gasteiger partial charge on any atom is 0.326 e. The van der Waals surface area contributed by atoms with E-state index in [1.165, 1.54) is 0 Å². The molecule has 3 unspecified atom stereocenters. The Bertz CT molecular complexity index is 654. The van der Waals surface area contributed by atoms with Crippen molar-refractivity contribution in [2.75, 3.05) is 0 Å². The van der Waals surface area contributed by atoms with E-state index in [-0.39, 0.29) is 5.91 Å². The van der Waals surface area contributed by atoms with E-state index in [2.05, 4.69) is 5.32 Å². The van der Waals surface area contributed by atoms with E-state index in [1.54, 1.807) is 0 Å². The molecule has 4 nitrogen and oxygen atoms in total. The molecule has 0 spiro atoms. The summed E-state index contributed by atoms with van der Waals surface area (Å²) in [4.78, 5) is 23.8. The summed E-state index contributed by atoms with van der Waals surface area (Å²) in [7, 11) is 0. The van der Waals surface area contributed by atoms with Crippen molar-refractivity contribution >= 4 is 11.9 Å². The molecule has 4 heteroatoms. The van der Waals surface area contributed by atoms with Gasteiger partial charge in [0.15, 0.2) is 0 Å². The largest absolute Gasteiger partial charge is 0.480 e. The van der Waals surface area contributed by atoms with Gasteiger partial charge in [0.05, 0.1) is 5.92 Å². The number of carbonyl (C=O) groups excluding carboxylic acids is 1. The van der Waals surface area contributed by atoms with Crippen molar-refractivity contribution in [2.24, 2.45) is 0 Å². The lowest BCUT2D eigenvalue weighted by Gasteiger charge is -2.21. The lowest BCUT2D eigenvalue weighted by Crippen LogP contribution is -2.36. The number of amides is 1. The molecule has 1 heterocycles. The Hall–Kier alpha value is -2.62. The van der Waals surface area contributed by atoms with Gasteiger partial charge in [-0.15, -0.1) is 0 Å². The fourth-order valence-electron chi connectivity index (χ4n) is 2.98. The van der Waals surface area contributed by atoms with Gasteiger partial charge in [-0.2, -0.15) is 0 Å². The molecule has 1 aliphatic heterocycles. The van der Waals surface area contributed by atoms with Crippen molar-refractivity contribution in [1.29, 1.82) is 0 Å². The molecule has 1 saturated heterocycles. The molecule has 1 fully saturated rings. The van der Waals surface area contributed by atoms with E-state index in [9.17, 15) is 14.7 Å². The molecule has 2 aromatic carbocycles. The number of carboxylic acids is 1. The van der Waals surface area contributed by atoms with Crippen LogP contribution in [0.5, 0.6) is 0 Å². The number of aliphatic carboxylic acids is 1. The summed E-state index contributed by atoms with van der Waals surface area (Å²) in [5, 5.41) is 12.0. The van der Waals surface area contributed by atoms with Gasteiger partial charge in [0.25, 0.3) is 0 Å². The molecule has 106 valence electrons. The maximum atomic E-state index is 12.3. The summed E-state index contributed by atoms with van der Waals surface area (Å²) in [6.07, 6.45) is 0. The summed E-state index contributed by atoms with van der Waals surface area (Å²) < 4.78 is 0. The summed E-state index contributed by atoms with van der Waals surface area (Å²) in [6.45, 7) is 0. The van der Waals surface area contributed by atoms with Gasteiger partial charge in [-0.1, -0.05) is 60.7 Å². The van der Waals surface area contributed by atoms with Gasteiger partial charge in [0.2, 0.25) is 5.91 Å². The van der Waals surface area contributed by atoms with Crippen LogP contribution in [-0.2, 0) is 9.59 Å². The Morgan fingerprint density at radius 1 is 0.905 bits per heavy atom. The first-order valence-corrected chi connectivity index (χ1v) is 6.81. The molecule has 3 atom stereocenters. The fourth-order valence-corrected chi connectivity index (χ4v) is 2.98. The average Bonchev–Trinajstić information content (AvgIpc) is 2.87. The van der Waals surface area contributed by atoms with Gasteiger partial charge in [0, 0.05) is 5.92 Å². The number of benzene rings is 2. The molecule has 2 N–H and O–H groups in total. The van der Waals surface area contributed by atoms with E-state index in [0.717, 1.165) is 11.1 Å². The zero-order valence-electron chi connectivity index (χ0n) is 11.3. The SMILES string of the molecule is O=C(O)C1NC(=O)C(c2ccccc2)C1c1ccccc1. The Morgan fingerprint density at radius 3 is 1.95 bits per heavy atom. The zero-order valence-corrected chi connectivity index (χ0v) is 11.3. The molecule has 0 aliphatic carbocycles. The highest BCUT2D eigenvalue weighted by molar-refractivity contribution is 5.94. The van der Waals surface area contributed by atoms with E-state index >= 15 is 0 Å². The number of carbonyl (C=O) groups is 2. The molecule has 0 saturated carbocycles. The van der Waals surface area contributed by atoms with E-state index in [4.69, 9.17) is 0 Å². The molecule has 0 bridgehead atoms. The van der Waals surface area contributed by atoms with Crippen LogP contribution in [0, 0.1) is 0 Å². The molecule has 0 radical (unpaired) electrons.